The Morgan fingerprint density at radius 1 is 1.24 bits per heavy atom. The zero-order valence-electron chi connectivity index (χ0n) is 11.7. The van der Waals surface area contributed by atoms with Crippen molar-refractivity contribution in [3.63, 3.8) is 0 Å². The number of benzene rings is 1. The third kappa shape index (κ3) is 2.55. The Balaban J connectivity index is 2.13. The predicted octanol–water partition coefficient (Wildman–Crippen LogP) is 4.86. The summed E-state index contributed by atoms with van der Waals surface area (Å²) in [6, 6.07) is 7.65. The molecule has 3 rings (SSSR count). The lowest BCUT2D eigenvalue weighted by Crippen LogP contribution is -2.09. The molecule has 0 saturated carbocycles. The van der Waals surface area contributed by atoms with Gasteiger partial charge in [-0.15, -0.1) is 21.4 Å². The van der Waals surface area contributed by atoms with E-state index < -0.39 is 15.5 Å². The maximum atomic E-state index is 11.0. The molecule has 2 aromatic rings. The molecule has 1 aliphatic rings. The second-order valence-electron chi connectivity index (χ2n) is 4.86. The molecule has 0 spiro atoms. The number of aryl methyl sites for hydroxylation is 1. The SMILES string of the molecule is CC1=CS(c2ccc(Cl)cc2)(C(O)c2scnc2C)C=N1. The van der Waals surface area contributed by atoms with Crippen LogP contribution in [0.5, 0.6) is 0 Å². The van der Waals surface area contributed by atoms with E-state index in [4.69, 9.17) is 11.6 Å². The third-order valence-corrected chi connectivity index (χ3v) is 8.03. The van der Waals surface area contributed by atoms with Gasteiger partial charge in [0, 0.05) is 15.6 Å². The van der Waals surface area contributed by atoms with Gasteiger partial charge in [0.25, 0.3) is 0 Å². The molecule has 1 N–H and O–H groups in total. The molecule has 1 aliphatic heterocycles. The zero-order valence-corrected chi connectivity index (χ0v) is 14.0. The highest BCUT2D eigenvalue weighted by molar-refractivity contribution is 8.46. The van der Waals surface area contributed by atoms with Crippen LogP contribution in [0.1, 0.15) is 22.9 Å². The lowest BCUT2D eigenvalue weighted by atomic mass is 10.4. The fourth-order valence-electron chi connectivity index (χ4n) is 2.29. The van der Waals surface area contributed by atoms with Crippen molar-refractivity contribution in [2.24, 2.45) is 4.99 Å². The fraction of sp³-hybridized carbons (Fsp3) is 0.200. The first-order chi connectivity index (χ1) is 10.0. The number of nitrogens with zero attached hydrogens (tertiary/aromatic N) is 2. The molecule has 2 atom stereocenters. The van der Waals surface area contributed by atoms with Crippen molar-refractivity contribution in [2.75, 3.05) is 0 Å². The summed E-state index contributed by atoms with van der Waals surface area (Å²) in [5, 5.41) is 13.8. The minimum atomic E-state index is -1.72. The van der Waals surface area contributed by atoms with Crippen LogP contribution in [0.15, 0.2) is 50.8 Å². The molecular formula is C15H15ClN2OS2. The van der Waals surface area contributed by atoms with Gasteiger partial charge in [0.1, 0.15) is 5.44 Å². The maximum absolute atomic E-state index is 11.0. The number of hydrogen-bond donors (Lipinski definition) is 1. The Labute approximate surface area is 134 Å². The quantitative estimate of drug-likeness (QED) is 0.868. The summed E-state index contributed by atoms with van der Waals surface area (Å²) >= 11 is 7.47. The van der Waals surface area contributed by atoms with E-state index in [0.717, 1.165) is 21.2 Å². The summed E-state index contributed by atoms with van der Waals surface area (Å²) in [5.41, 5.74) is 4.84. The summed E-state index contributed by atoms with van der Waals surface area (Å²) in [7, 11) is -1.72. The van der Waals surface area contributed by atoms with Crippen molar-refractivity contribution < 1.29 is 5.11 Å². The topological polar surface area (TPSA) is 45.5 Å². The summed E-state index contributed by atoms with van der Waals surface area (Å²) in [5.74, 6) is 0. The molecule has 21 heavy (non-hydrogen) atoms. The number of aliphatic hydroxyl groups excluding tert-OH is 1. The smallest absolute Gasteiger partial charge is 0.132 e. The van der Waals surface area contributed by atoms with E-state index in [9.17, 15) is 5.11 Å². The van der Waals surface area contributed by atoms with E-state index in [0.29, 0.717) is 5.02 Å². The second kappa shape index (κ2) is 5.57. The van der Waals surface area contributed by atoms with Gasteiger partial charge in [0.15, 0.2) is 0 Å². The largest absolute Gasteiger partial charge is 0.378 e. The van der Waals surface area contributed by atoms with Crippen LogP contribution >= 0.6 is 33.0 Å². The van der Waals surface area contributed by atoms with Crippen LogP contribution in [0.3, 0.4) is 0 Å². The lowest BCUT2D eigenvalue weighted by molar-refractivity contribution is 0.270. The number of rotatable bonds is 3. The Bertz CT molecular complexity index is 724. The first-order valence-electron chi connectivity index (χ1n) is 6.41. The van der Waals surface area contributed by atoms with Gasteiger partial charge in [-0.25, -0.2) is 4.98 Å². The molecule has 3 nitrogen and oxygen atoms in total. The fourth-order valence-corrected chi connectivity index (χ4v) is 6.64. The van der Waals surface area contributed by atoms with Crippen LogP contribution in [0.25, 0.3) is 0 Å². The standard InChI is InChI=1S/C15H15ClN2OS2/c1-10-7-21(9-18-10,13-5-3-12(16)4-6-13)15(19)14-11(2)17-8-20-14/h3-9,15,19H,1-2H3. The number of aliphatic hydroxyl groups is 1. The van der Waals surface area contributed by atoms with Crippen molar-refractivity contribution in [3.05, 3.63) is 56.5 Å². The van der Waals surface area contributed by atoms with E-state index in [2.05, 4.69) is 15.4 Å². The van der Waals surface area contributed by atoms with E-state index in [1.54, 1.807) is 5.51 Å². The van der Waals surface area contributed by atoms with E-state index in [1.807, 2.05) is 43.7 Å². The molecule has 1 aromatic heterocycles. The first kappa shape index (κ1) is 14.8. The van der Waals surface area contributed by atoms with Gasteiger partial charge in [-0.2, -0.15) is 0 Å². The van der Waals surface area contributed by atoms with E-state index in [1.165, 1.54) is 11.3 Å². The van der Waals surface area contributed by atoms with Crippen LogP contribution < -0.4 is 0 Å². The molecule has 0 saturated heterocycles. The summed E-state index contributed by atoms with van der Waals surface area (Å²) in [4.78, 5) is 10.6. The molecule has 2 heterocycles. The molecule has 110 valence electrons. The summed E-state index contributed by atoms with van der Waals surface area (Å²) in [6.45, 7) is 3.88. The number of halogens is 1. The van der Waals surface area contributed by atoms with Gasteiger partial charge < -0.3 is 5.11 Å². The van der Waals surface area contributed by atoms with Crippen molar-refractivity contribution in [1.29, 1.82) is 0 Å². The minimum Gasteiger partial charge on any atom is -0.378 e. The molecule has 0 fully saturated rings. The van der Waals surface area contributed by atoms with Gasteiger partial charge in [-0.05, 0) is 43.5 Å². The van der Waals surface area contributed by atoms with Gasteiger partial charge in [-0.1, -0.05) is 11.6 Å². The van der Waals surface area contributed by atoms with E-state index in [-0.39, 0.29) is 0 Å². The van der Waals surface area contributed by atoms with Gasteiger partial charge in [-0.3, -0.25) is 4.99 Å². The summed E-state index contributed by atoms with van der Waals surface area (Å²) < 4.78 is 0. The highest BCUT2D eigenvalue weighted by Gasteiger charge is 2.36. The predicted molar refractivity (Wildman–Crippen MR) is 91.4 cm³/mol. The maximum Gasteiger partial charge on any atom is 0.132 e. The molecule has 0 radical (unpaired) electrons. The average Bonchev–Trinajstić information content (AvgIpc) is 3.06. The van der Waals surface area contributed by atoms with Crippen LogP contribution in [0, 0.1) is 6.92 Å². The van der Waals surface area contributed by atoms with Crippen LogP contribution in [-0.2, 0) is 0 Å². The number of aromatic nitrogens is 1. The number of thiazole rings is 1. The number of hydrogen-bond acceptors (Lipinski definition) is 4. The van der Waals surface area contributed by atoms with E-state index >= 15 is 0 Å². The Morgan fingerprint density at radius 2 is 1.95 bits per heavy atom. The van der Waals surface area contributed by atoms with Crippen molar-refractivity contribution in [3.8, 4) is 0 Å². The molecule has 0 aliphatic carbocycles. The van der Waals surface area contributed by atoms with Crippen LogP contribution in [0.2, 0.25) is 5.02 Å². The molecule has 1 aromatic carbocycles. The van der Waals surface area contributed by atoms with Crippen LogP contribution in [0.4, 0.5) is 0 Å². The van der Waals surface area contributed by atoms with Crippen LogP contribution in [-0.4, -0.2) is 15.6 Å². The summed E-state index contributed by atoms with van der Waals surface area (Å²) in [6.07, 6.45) is 0. The minimum absolute atomic E-state index is 0.632. The number of aliphatic imine (C=N–C) groups is 1. The van der Waals surface area contributed by atoms with Crippen molar-refractivity contribution in [2.45, 2.75) is 24.2 Å². The number of allylic oxidation sites excluding steroid dienone is 1. The highest BCUT2D eigenvalue weighted by atomic mass is 35.5. The molecule has 0 amide bonds. The Morgan fingerprint density at radius 3 is 2.48 bits per heavy atom. The molecule has 6 heteroatoms. The zero-order chi connectivity index (χ0) is 15.0. The molecular weight excluding hydrogens is 324 g/mol. The Hall–Kier alpha value is -1.14. The highest BCUT2D eigenvalue weighted by Crippen LogP contribution is 2.67. The normalized spacial score (nSPS) is 25.4. The van der Waals surface area contributed by atoms with Gasteiger partial charge >= 0.3 is 0 Å². The Kier molecular flexibility index (Phi) is 3.92. The second-order valence-corrected chi connectivity index (χ2v) is 9.07. The van der Waals surface area contributed by atoms with Gasteiger partial charge in [0.2, 0.25) is 0 Å². The van der Waals surface area contributed by atoms with Crippen molar-refractivity contribution >= 4 is 38.5 Å². The first-order valence-corrected chi connectivity index (χ1v) is 9.49. The molecule has 0 bridgehead atoms. The van der Waals surface area contributed by atoms with Gasteiger partial charge in [0.05, 0.1) is 21.6 Å². The third-order valence-electron chi connectivity index (χ3n) is 3.39. The van der Waals surface area contributed by atoms with Crippen molar-refractivity contribution in [1.82, 2.24) is 4.98 Å². The lowest BCUT2D eigenvalue weighted by Gasteiger charge is -2.35. The monoisotopic (exact) mass is 338 g/mol. The average molecular weight is 339 g/mol. The molecule has 2 unspecified atom stereocenters.